The molecule has 2 aromatic carbocycles. The van der Waals surface area contributed by atoms with Crippen LogP contribution in [0.4, 0.5) is 37.7 Å². The van der Waals surface area contributed by atoms with E-state index in [-0.39, 0.29) is 21.7 Å². The molecule has 0 bridgehead atoms. The molecule has 0 saturated carbocycles. The molecule has 0 atom stereocenters. The van der Waals surface area contributed by atoms with Gasteiger partial charge in [0.2, 0.25) is 0 Å². The number of benzene rings is 2. The second-order valence-corrected chi connectivity index (χ2v) is 6.03. The second-order valence-electron chi connectivity index (χ2n) is 6.03. The van der Waals surface area contributed by atoms with Crippen molar-refractivity contribution in [1.82, 2.24) is 0 Å². The van der Waals surface area contributed by atoms with Crippen LogP contribution >= 0.6 is 0 Å². The van der Waals surface area contributed by atoms with Crippen LogP contribution in [0.15, 0.2) is 36.4 Å². The minimum absolute atomic E-state index is 0. The first kappa shape index (κ1) is 30.5. The standard InChI is InChI=1S/C19H24N2.2CF3.Ti/c1-14-8-5-9-15(2)18(14)20-12-7-13-21-19-16(3)10-6-11-17(19)4;2*2-1(3)4;/h5-6,8-11H,7,12-13H2,1-4H3;;;/q-2;2*-1;+4. The molecule has 0 N–H and O–H groups in total. The molecule has 2 nitrogen and oxygen atoms in total. The summed E-state index contributed by atoms with van der Waals surface area (Å²) in [6, 6.07) is 12.6. The van der Waals surface area contributed by atoms with Crippen molar-refractivity contribution in [2.24, 2.45) is 0 Å². The first-order valence-corrected chi connectivity index (χ1v) is 8.70. The van der Waals surface area contributed by atoms with E-state index in [1.165, 1.54) is 22.3 Å². The van der Waals surface area contributed by atoms with E-state index in [4.69, 9.17) is 10.6 Å². The average Bonchev–Trinajstić information content (AvgIpc) is 2.58. The van der Waals surface area contributed by atoms with Crippen LogP contribution in [-0.4, -0.2) is 13.1 Å². The second kappa shape index (κ2) is 17.1. The van der Waals surface area contributed by atoms with Crippen LogP contribution in [0.2, 0.25) is 0 Å². The number of aryl methyl sites for hydroxylation is 4. The smallest absolute Gasteiger partial charge is 0.684 e. The van der Waals surface area contributed by atoms with Gasteiger partial charge < -0.3 is 37.0 Å². The number of hydrogen-bond acceptors (Lipinski definition) is 0. The molecule has 0 spiro atoms. The SMILES string of the molecule is Cc1cccc(C)c1[N-]CCC[N-]c1c(C)cccc1C.F[C-](F)F.F[C-](F)F.[Ti+4]. The van der Waals surface area contributed by atoms with Crippen LogP contribution in [0, 0.1) is 41.1 Å². The van der Waals surface area contributed by atoms with Crippen molar-refractivity contribution in [3.8, 4) is 0 Å². The van der Waals surface area contributed by atoms with E-state index in [0.29, 0.717) is 0 Å². The summed E-state index contributed by atoms with van der Waals surface area (Å²) >= 11 is 0. The van der Waals surface area contributed by atoms with Gasteiger partial charge in [0.05, 0.1) is 0 Å². The predicted octanol–water partition coefficient (Wildman–Crippen LogP) is 8.70. The maximum atomic E-state index is 9.58. The summed E-state index contributed by atoms with van der Waals surface area (Å²) in [5.41, 5.74) is 7.29. The fourth-order valence-electron chi connectivity index (χ4n) is 2.56. The van der Waals surface area contributed by atoms with Crippen LogP contribution in [0.1, 0.15) is 28.7 Å². The van der Waals surface area contributed by atoms with Crippen LogP contribution < -0.4 is 0 Å². The Balaban J connectivity index is 0. The average molecular weight is 466 g/mol. The minimum atomic E-state index is -3.08. The molecule has 0 aliphatic rings. The molecule has 0 heterocycles. The normalized spacial score (nSPS) is 9.73. The van der Waals surface area contributed by atoms with E-state index >= 15 is 0 Å². The summed E-state index contributed by atoms with van der Waals surface area (Å²) in [5.74, 6) is 0. The number of hydrogen-bond donors (Lipinski definition) is 0. The molecule has 2 rings (SSSR count). The maximum Gasteiger partial charge on any atom is 4.00 e. The van der Waals surface area contributed by atoms with Crippen LogP contribution in [0.25, 0.3) is 10.6 Å². The fourth-order valence-corrected chi connectivity index (χ4v) is 2.56. The summed E-state index contributed by atoms with van der Waals surface area (Å²) in [7, 11) is 0. The van der Waals surface area contributed by atoms with E-state index in [2.05, 4.69) is 64.1 Å². The summed E-state index contributed by atoms with van der Waals surface area (Å²) in [6.45, 7) is 3.97. The third-order valence-electron chi connectivity index (χ3n) is 3.74. The minimum Gasteiger partial charge on any atom is -0.684 e. The van der Waals surface area contributed by atoms with Crippen molar-refractivity contribution >= 4 is 11.4 Å². The van der Waals surface area contributed by atoms with Crippen molar-refractivity contribution in [2.45, 2.75) is 34.1 Å². The van der Waals surface area contributed by atoms with E-state index < -0.39 is 13.4 Å². The Morgan fingerprint density at radius 2 is 0.833 bits per heavy atom. The van der Waals surface area contributed by atoms with Gasteiger partial charge in [-0.25, -0.2) is 0 Å². The molecule has 0 aliphatic carbocycles. The zero-order chi connectivity index (χ0) is 22.4. The van der Waals surface area contributed by atoms with Crippen LogP contribution in [-0.2, 0) is 21.7 Å². The predicted molar refractivity (Wildman–Crippen MR) is 105 cm³/mol. The number of rotatable bonds is 6. The van der Waals surface area contributed by atoms with Crippen LogP contribution in [0.3, 0.4) is 0 Å². The Kier molecular flexibility index (Phi) is 17.4. The van der Waals surface area contributed by atoms with E-state index in [1.807, 2.05) is 0 Å². The van der Waals surface area contributed by atoms with Gasteiger partial charge in [-0.05, 0) is 27.7 Å². The molecule has 0 aromatic heterocycles. The van der Waals surface area contributed by atoms with E-state index in [1.54, 1.807) is 0 Å². The van der Waals surface area contributed by atoms with Gasteiger partial charge in [-0.2, -0.15) is 0 Å². The summed E-state index contributed by atoms with van der Waals surface area (Å²) in [6.07, 6.45) is 0.988. The number of nitrogens with zero attached hydrogens (tertiary/aromatic N) is 2. The van der Waals surface area contributed by atoms with Gasteiger partial charge in [-0.15, -0.1) is 24.5 Å². The first-order valence-electron chi connectivity index (χ1n) is 8.70. The van der Waals surface area contributed by atoms with Crippen molar-refractivity contribution in [3.63, 3.8) is 0 Å². The summed E-state index contributed by atoms with van der Waals surface area (Å²) in [5, 5.41) is 9.44. The number of halogens is 6. The monoisotopic (exact) mass is 466 g/mol. The van der Waals surface area contributed by atoms with E-state index in [9.17, 15) is 26.3 Å². The summed E-state index contributed by atoms with van der Waals surface area (Å²) < 4.78 is 57.5. The molecule has 164 valence electrons. The van der Waals surface area contributed by atoms with E-state index in [0.717, 1.165) is 30.9 Å². The zero-order valence-electron chi connectivity index (χ0n) is 17.2. The Bertz CT molecular complexity index is 608. The molecule has 0 unspecified atom stereocenters. The Morgan fingerprint density at radius 3 is 1.07 bits per heavy atom. The largest absolute Gasteiger partial charge is 4.00 e. The molecule has 0 aliphatic heterocycles. The van der Waals surface area contributed by atoms with Gasteiger partial charge in [-0.3, -0.25) is 0 Å². The van der Waals surface area contributed by atoms with Gasteiger partial charge in [0, 0.05) is 0 Å². The molecule has 9 heteroatoms. The molecule has 0 saturated heterocycles. The quantitative estimate of drug-likeness (QED) is 0.176. The third-order valence-corrected chi connectivity index (χ3v) is 3.74. The van der Waals surface area contributed by atoms with Gasteiger partial charge in [0.25, 0.3) is 0 Å². The van der Waals surface area contributed by atoms with Crippen molar-refractivity contribution in [1.29, 1.82) is 0 Å². The molecule has 0 amide bonds. The van der Waals surface area contributed by atoms with Gasteiger partial charge in [0.1, 0.15) is 0 Å². The van der Waals surface area contributed by atoms with Gasteiger partial charge in [-0.1, -0.05) is 65.1 Å². The van der Waals surface area contributed by atoms with Crippen LogP contribution in [0.5, 0.6) is 0 Å². The summed E-state index contributed by atoms with van der Waals surface area (Å²) in [4.78, 5) is 0. The molecule has 0 radical (unpaired) electrons. The van der Waals surface area contributed by atoms with Crippen molar-refractivity contribution in [2.75, 3.05) is 13.1 Å². The zero-order valence-corrected chi connectivity index (χ0v) is 18.8. The fraction of sp³-hybridized carbons (Fsp3) is 0.333. The Morgan fingerprint density at radius 1 is 0.600 bits per heavy atom. The molecular formula is C21H24F6N2Ti. The molecular weight excluding hydrogens is 442 g/mol. The molecule has 0 fully saturated rings. The molecule has 2 aromatic rings. The Labute approximate surface area is 189 Å². The number of para-hydroxylation sites is 2. The third kappa shape index (κ3) is 14.3. The Hall–Kier alpha value is -1.67. The molecule has 30 heavy (non-hydrogen) atoms. The van der Waals surface area contributed by atoms with Gasteiger partial charge >= 0.3 is 21.7 Å². The van der Waals surface area contributed by atoms with Gasteiger partial charge in [0.15, 0.2) is 13.4 Å². The first-order chi connectivity index (χ1) is 13.6. The maximum absolute atomic E-state index is 9.58. The topological polar surface area (TPSA) is 28.2 Å². The van der Waals surface area contributed by atoms with Crippen molar-refractivity contribution in [3.05, 3.63) is 82.6 Å². The van der Waals surface area contributed by atoms with Crippen molar-refractivity contribution < 1.29 is 48.1 Å².